The van der Waals surface area contributed by atoms with Crippen LogP contribution in [0.2, 0.25) is 0 Å². The highest BCUT2D eigenvalue weighted by atomic mass is 14.9. The second-order valence-corrected chi connectivity index (χ2v) is 5.35. The fourth-order valence-corrected chi connectivity index (χ4v) is 1.25. The van der Waals surface area contributed by atoms with E-state index in [9.17, 15) is 0 Å². The molecule has 0 bridgehead atoms. The molecule has 0 atom stereocenters. The average Bonchev–Trinajstić information content (AvgIpc) is 2.19. The Morgan fingerprint density at radius 3 is 2.31 bits per heavy atom. The number of hydrogen-bond acceptors (Lipinski definition) is 1. The average molecular weight is 221 g/mol. The molecule has 1 nitrogen and oxygen atoms in total. The summed E-state index contributed by atoms with van der Waals surface area (Å²) in [6.07, 6.45) is 10.7. The summed E-state index contributed by atoms with van der Waals surface area (Å²) in [6, 6.07) is 0. The van der Waals surface area contributed by atoms with E-state index in [0.29, 0.717) is 5.41 Å². The van der Waals surface area contributed by atoms with Gasteiger partial charge in [0.25, 0.3) is 0 Å². The second kappa shape index (κ2) is 7.32. The molecule has 0 saturated heterocycles. The van der Waals surface area contributed by atoms with Gasteiger partial charge >= 0.3 is 0 Å². The minimum Gasteiger partial charge on any atom is -0.363 e. The fourth-order valence-electron chi connectivity index (χ4n) is 1.25. The van der Waals surface area contributed by atoms with Crippen LogP contribution in [0.5, 0.6) is 0 Å². The topological polar surface area (TPSA) is 12.0 Å². The smallest absolute Gasteiger partial charge is 0.0117 e. The van der Waals surface area contributed by atoms with Crippen molar-refractivity contribution in [3.8, 4) is 0 Å². The van der Waals surface area contributed by atoms with Crippen LogP contribution in [-0.2, 0) is 0 Å². The summed E-state index contributed by atoms with van der Waals surface area (Å²) in [7, 11) is 0. The van der Waals surface area contributed by atoms with Gasteiger partial charge in [-0.05, 0) is 38.2 Å². The molecule has 0 rings (SSSR count). The zero-order valence-electron chi connectivity index (χ0n) is 11.7. The van der Waals surface area contributed by atoms with Crippen molar-refractivity contribution in [2.24, 2.45) is 5.41 Å². The van der Waals surface area contributed by atoms with Crippen LogP contribution in [0.4, 0.5) is 0 Å². The van der Waals surface area contributed by atoms with Crippen molar-refractivity contribution in [2.75, 3.05) is 0 Å². The monoisotopic (exact) mass is 221 g/mol. The van der Waals surface area contributed by atoms with E-state index in [-0.39, 0.29) is 0 Å². The van der Waals surface area contributed by atoms with Gasteiger partial charge in [-0.1, -0.05) is 45.9 Å². The lowest BCUT2D eigenvalue weighted by Gasteiger charge is -2.17. The maximum Gasteiger partial charge on any atom is 0.0117 e. The van der Waals surface area contributed by atoms with Gasteiger partial charge < -0.3 is 5.32 Å². The predicted molar refractivity (Wildman–Crippen MR) is 74.2 cm³/mol. The molecular formula is C15H27N. The Labute approximate surface area is 101 Å². The van der Waals surface area contributed by atoms with E-state index in [1.165, 1.54) is 11.4 Å². The molecule has 1 N–H and O–H groups in total. The first-order chi connectivity index (χ1) is 7.39. The molecule has 0 aromatic rings. The molecule has 0 heterocycles. The van der Waals surface area contributed by atoms with Crippen LogP contribution < -0.4 is 5.32 Å². The summed E-state index contributed by atoms with van der Waals surface area (Å²) >= 11 is 0. The van der Waals surface area contributed by atoms with Crippen molar-refractivity contribution in [1.29, 1.82) is 0 Å². The van der Waals surface area contributed by atoms with Crippen molar-refractivity contribution in [1.82, 2.24) is 5.32 Å². The van der Waals surface area contributed by atoms with Crippen molar-refractivity contribution in [3.05, 3.63) is 35.7 Å². The van der Waals surface area contributed by atoms with Crippen LogP contribution in [0, 0.1) is 5.41 Å². The van der Waals surface area contributed by atoms with Crippen LogP contribution in [0.1, 0.15) is 54.4 Å². The summed E-state index contributed by atoms with van der Waals surface area (Å²) in [5, 5.41) is 3.44. The van der Waals surface area contributed by atoms with Crippen LogP contribution in [0.3, 0.4) is 0 Å². The predicted octanol–water partition coefficient (Wildman–Crippen LogP) is 4.79. The minimum absolute atomic E-state index is 0.364. The van der Waals surface area contributed by atoms with E-state index in [2.05, 4.69) is 58.2 Å². The lowest BCUT2D eigenvalue weighted by molar-refractivity contribution is 0.418. The minimum atomic E-state index is 0.364. The zero-order valence-corrected chi connectivity index (χ0v) is 11.7. The molecule has 0 aromatic carbocycles. The van der Waals surface area contributed by atoms with E-state index in [4.69, 9.17) is 0 Å². The van der Waals surface area contributed by atoms with Gasteiger partial charge in [0.05, 0.1) is 0 Å². The van der Waals surface area contributed by atoms with Crippen molar-refractivity contribution in [3.63, 3.8) is 0 Å². The molecule has 0 radical (unpaired) electrons. The number of hydrogen-bond donors (Lipinski definition) is 1. The summed E-state index contributed by atoms with van der Waals surface area (Å²) in [6.45, 7) is 13.1. The van der Waals surface area contributed by atoms with E-state index in [1.807, 2.05) is 13.0 Å². The fraction of sp³-hybridized carbons (Fsp3) is 0.600. The lowest BCUT2D eigenvalue weighted by Crippen LogP contribution is -2.11. The number of rotatable bonds is 5. The Bertz CT molecular complexity index is 274. The highest BCUT2D eigenvalue weighted by molar-refractivity contribution is 5.14. The van der Waals surface area contributed by atoms with E-state index in [0.717, 1.165) is 12.8 Å². The second-order valence-electron chi connectivity index (χ2n) is 5.35. The molecule has 0 aliphatic rings. The molecular weight excluding hydrogens is 194 g/mol. The molecule has 0 amide bonds. The number of nitrogens with one attached hydrogen (secondary N) is 1. The van der Waals surface area contributed by atoms with Gasteiger partial charge in [0, 0.05) is 11.4 Å². The van der Waals surface area contributed by atoms with Crippen molar-refractivity contribution < 1.29 is 0 Å². The third kappa shape index (κ3) is 8.34. The molecule has 0 fully saturated rings. The molecule has 1 heteroatoms. The van der Waals surface area contributed by atoms with Gasteiger partial charge in [0.1, 0.15) is 0 Å². The summed E-state index contributed by atoms with van der Waals surface area (Å²) in [5.41, 5.74) is 2.87. The number of allylic oxidation sites excluding steroid dienone is 6. The maximum atomic E-state index is 3.44. The SMILES string of the molecule is C/C=C\C=C(/C)N/C(=C/CC(C)(C)C)CC. The van der Waals surface area contributed by atoms with E-state index in [1.54, 1.807) is 0 Å². The van der Waals surface area contributed by atoms with Gasteiger partial charge in [-0.2, -0.15) is 0 Å². The Balaban J connectivity index is 4.40. The zero-order chi connectivity index (χ0) is 12.6. The van der Waals surface area contributed by atoms with Crippen LogP contribution in [0.25, 0.3) is 0 Å². The molecule has 0 saturated carbocycles. The Morgan fingerprint density at radius 1 is 1.25 bits per heavy atom. The largest absolute Gasteiger partial charge is 0.363 e. The van der Waals surface area contributed by atoms with Crippen molar-refractivity contribution >= 4 is 0 Å². The van der Waals surface area contributed by atoms with Crippen LogP contribution in [-0.4, -0.2) is 0 Å². The third-order valence-electron chi connectivity index (χ3n) is 2.24. The molecule has 92 valence electrons. The Morgan fingerprint density at radius 2 is 1.88 bits per heavy atom. The van der Waals surface area contributed by atoms with Gasteiger partial charge in [-0.3, -0.25) is 0 Å². The first-order valence-corrected chi connectivity index (χ1v) is 6.14. The maximum absolute atomic E-state index is 3.44. The first kappa shape index (κ1) is 15.0. The van der Waals surface area contributed by atoms with Gasteiger partial charge in [0.2, 0.25) is 0 Å². The standard InChI is InChI=1S/C15H27N/c1-7-9-10-13(3)16-14(8-2)11-12-15(4,5)6/h7,9-11,16H,8,12H2,1-6H3/b9-7-,13-10+,14-11+. The molecule has 0 aliphatic carbocycles. The molecule has 0 aromatic heterocycles. The first-order valence-electron chi connectivity index (χ1n) is 6.14. The Kier molecular flexibility index (Phi) is 6.87. The molecule has 16 heavy (non-hydrogen) atoms. The third-order valence-corrected chi connectivity index (χ3v) is 2.24. The molecule has 0 spiro atoms. The van der Waals surface area contributed by atoms with Crippen LogP contribution in [0.15, 0.2) is 35.7 Å². The Hall–Kier alpha value is -0.980. The molecule has 0 aliphatic heterocycles. The summed E-state index contributed by atoms with van der Waals surface area (Å²) < 4.78 is 0. The quantitative estimate of drug-likeness (QED) is 0.658. The van der Waals surface area contributed by atoms with Crippen molar-refractivity contribution in [2.45, 2.75) is 54.4 Å². The molecule has 0 unspecified atom stereocenters. The van der Waals surface area contributed by atoms with Gasteiger partial charge in [-0.25, -0.2) is 0 Å². The van der Waals surface area contributed by atoms with Gasteiger partial charge in [0.15, 0.2) is 0 Å². The highest BCUT2D eigenvalue weighted by Crippen LogP contribution is 2.20. The van der Waals surface area contributed by atoms with Crippen LogP contribution >= 0.6 is 0 Å². The van der Waals surface area contributed by atoms with Gasteiger partial charge in [-0.15, -0.1) is 0 Å². The highest BCUT2D eigenvalue weighted by Gasteiger charge is 2.07. The lowest BCUT2D eigenvalue weighted by atomic mass is 9.92. The summed E-state index contributed by atoms with van der Waals surface area (Å²) in [5.74, 6) is 0. The van der Waals surface area contributed by atoms with E-state index < -0.39 is 0 Å². The van der Waals surface area contributed by atoms with E-state index >= 15 is 0 Å². The summed E-state index contributed by atoms with van der Waals surface area (Å²) in [4.78, 5) is 0. The normalized spacial score (nSPS) is 14.6.